The second-order valence-corrected chi connectivity index (χ2v) is 4.92. The predicted octanol–water partition coefficient (Wildman–Crippen LogP) is -0.173. The van der Waals surface area contributed by atoms with Crippen LogP contribution in [0.25, 0.3) is 0 Å². The molecular weight excluding hydrogens is 250 g/mol. The minimum atomic E-state index is -0.880. The van der Waals surface area contributed by atoms with E-state index >= 15 is 0 Å². The maximum Gasteiger partial charge on any atom is 0.320 e. The third-order valence-electron chi connectivity index (χ3n) is 3.28. The zero-order chi connectivity index (χ0) is 14.6. The van der Waals surface area contributed by atoms with E-state index in [4.69, 9.17) is 5.11 Å². The second-order valence-electron chi connectivity index (χ2n) is 4.92. The fourth-order valence-corrected chi connectivity index (χ4v) is 2.22. The van der Waals surface area contributed by atoms with Crippen LogP contribution in [0.2, 0.25) is 0 Å². The van der Waals surface area contributed by atoms with Crippen LogP contribution < -0.4 is 5.32 Å². The summed E-state index contributed by atoms with van der Waals surface area (Å²) < 4.78 is 0. The van der Waals surface area contributed by atoms with Crippen molar-refractivity contribution in [3.8, 4) is 0 Å². The van der Waals surface area contributed by atoms with Crippen LogP contribution in [0.5, 0.6) is 0 Å². The average molecular weight is 271 g/mol. The lowest BCUT2D eigenvalue weighted by atomic mass is 9.99. The Bertz CT molecular complexity index is 372. The standard InChI is InChI=1S/C12H21N3O4/c1-4-13-10(16)7-14(3)12(19)15-5-8(2)9(6-15)11(17)18/h8-9H,4-7H2,1-3H3,(H,13,16)(H,17,18)/t8-,9-/m1/s1. The molecule has 0 aromatic carbocycles. The van der Waals surface area contributed by atoms with Gasteiger partial charge in [0.2, 0.25) is 5.91 Å². The molecule has 1 aliphatic rings. The lowest BCUT2D eigenvalue weighted by molar-refractivity contribution is -0.142. The molecule has 0 spiro atoms. The second kappa shape index (κ2) is 6.40. The number of aliphatic carboxylic acids is 1. The van der Waals surface area contributed by atoms with Gasteiger partial charge in [0, 0.05) is 26.7 Å². The molecule has 3 amide bonds. The van der Waals surface area contributed by atoms with Crippen LogP contribution in [-0.2, 0) is 9.59 Å². The maximum absolute atomic E-state index is 12.1. The number of carbonyl (C=O) groups is 3. The fourth-order valence-electron chi connectivity index (χ4n) is 2.22. The summed E-state index contributed by atoms with van der Waals surface area (Å²) in [7, 11) is 1.54. The van der Waals surface area contributed by atoms with Crippen molar-refractivity contribution in [1.82, 2.24) is 15.1 Å². The van der Waals surface area contributed by atoms with Gasteiger partial charge in [-0.25, -0.2) is 4.79 Å². The van der Waals surface area contributed by atoms with Crippen LogP contribution in [0, 0.1) is 11.8 Å². The highest BCUT2D eigenvalue weighted by Gasteiger charge is 2.37. The molecule has 19 heavy (non-hydrogen) atoms. The Balaban J connectivity index is 2.54. The van der Waals surface area contributed by atoms with E-state index in [0.717, 1.165) is 0 Å². The normalized spacial score (nSPS) is 22.2. The SMILES string of the molecule is CCNC(=O)CN(C)C(=O)N1C[C@@H](C)[C@H](C(=O)O)C1. The van der Waals surface area contributed by atoms with Gasteiger partial charge in [0.1, 0.15) is 6.54 Å². The van der Waals surface area contributed by atoms with Crippen molar-refractivity contribution in [1.29, 1.82) is 0 Å². The first-order chi connectivity index (χ1) is 8.86. The summed E-state index contributed by atoms with van der Waals surface area (Å²) in [5, 5.41) is 11.6. The molecule has 0 radical (unpaired) electrons. The van der Waals surface area contributed by atoms with Gasteiger partial charge < -0.3 is 20.2 Å². The number of nitrogens with zero attached hydrogens (tertiary/aromatic N) is 2. The molecule has 0 bridgehead atoms. The van der Waals surface area contributed by atoms with Crippen molar-refractivity contribution >= 4 is 17.9 Å². The van der Waals surface area contributed by atoms with Crippen LogP contribution in [-0.4, -0.2) is 66.0 Å². The summed E-state index contributed by atoms with van der Waals surface area (Å²) in [5.74, 6) is -1.70. The van der Waals surface area contributed by atoms with Gasteiger partial charge in [0.15, 0.2) is 0 Å². The van der Waals surface area contributed by atoms with Crippen LogP contribution in [0.3, 0.4) is 0 Å². The van der Waals surface area contributed by atoms with Gasteiger partial charge in [0.05, 0.1) is 5.92 Å². The highest BCUT2D eigenvalue weighted by molar-refractivity contribution is 5.84. The van der Waals surface area contributed by atoms with E-state index in [1.54, 1.807) is 6.92 Å². The first-order valence-corrected chi connectivity index (χ1v) is 6.36. The highest BCUT2D eigenvalue weighted by Crippen LogP contribution is 2.23. The molecule has 1 saturated heterocycles. The number of carboxylic acids is 1. The molecule has 0 unspecified atom stereocenters. The Labute approximate surface area is 112 Å². The third kappa shape index (κ3) is 3.84. The minimum Gasteiger partial charge on any atom is -0.481 e. The molecule has 7 heteroatoms. The largest absolute Gasteiger partial charge is 0.481 e. The van der Waals surface area contributed by atoms with Crippen LogP contribution >= 0.6 is 0 Å². The lowest BCUT2D eigenvalue weighted by Crippen LogP contribution is -2.45. The van der Waals surface area contributed by atoms with Crippen molar-refractivity contribution in [2.75, 3.05) is 33.2 Å². The molecule has 0 saturated carbocycles. The van der Waals surface area contributed by atoms with Gasteiger partial charge in [-0.1, -0.05) is 6.92 Å². The molecule has 0 aromatic rings. The van der Waals surface area contributed by atoms with Gasteiger partial charge in [-0.05, 0) is 12.8 Å². The smallest absolute Gasteiger partial charge is 0.320 e. The van der Waals surface area contributed by atoms with Gasteiger partial charge in [-0.2, -0.15) is 0 Å². The van der Waals surface area contributed by atoms with E-state index in [1.807, 2.05) is 6.92 Å². The zero-order valence-corrected chi connectivity index (χ0v) is 11.5. The van der Waals surface area contributed by atoms with Crippen LogP contribution in [0.1, 0.15) is 13.8 Å². The summed E-state index contributed by atoms with van der Waals surface area (Å²) in [6.07, 6.45) is 0. The zero-order valence-electron chi connectivity index (χ0n) is 11.5. The number of hydrogen-bond acceptors (Lipinski definition) is 3. The van der Waals surface area contributed by atoms with Gasteiger partial charge >= 0.3 is 12.0 Å². The molecule has 7 nitrogen and oxygen atoms in total. The van der Waals surface area contributed by atoms with Crippen molar-refractivity contribution in [3.05, 3.63) is 0 Å². The van der Waals surface area contributed by atoms with E-state index in [-0.39, 0.29) is 30.9 Å². The van der Waals surface area contributed by atoms with E-state index in [1.165, 1.54) is 16.8 Å². The van der Waals surface area contributed by atoms with Crippen LogP contribution in [0.4, 0.5) is 4.79 Å². The lowest BCUT2D eigenvalue weighted by Gasteiger charge is -2.24. The summed E-state index contributed by atoms with van der Waals surface area (Å²) in [6.45, 7) is 4.73. The summed E-state index contributed by atoms with van der Waals surface area (Å²) in [6, 6.07) is -0.304. The topological polar surface area (TPSA) is 90.0 Å². The number of likely N-dealkylation sites (tertiary alicyclic amines) is 1. The third-order valence-corrected chi connectivity index (χ3v) is 3.28. The average Bonchev–Trinajstić information content (AvgIpc) is 2.70. The molecule has 0 aromatic heterocycles. The van der Waals surface area contributed by atoms with E-state index in [9.17, 15) is 14.4 Å². The van der Waals surface area contributed by atoms with Crippen molar-refractivity contribution in [3.63, 3.8) is 0 Å². The Morgan fingerprint density at radius 2 is 2.00 bits per heavy atom. The Morgan fingerprint density at radius 1 is 1.37 bits per heavy atom. The fraction of sp³-hybridized carbons (Fsp3) is 0.750. The number of urea groups is 1. The van der Waals surface area contributed by atoms with Crippen molar-refractivity contribution in [2.24, 2.45) is 11.8 Å². The molecule has 1 aliphatic heterocycles. The van der Waals surface area contributed by atoms with Crippen LogP contribution in [0.15, 0.2) is 0 Å². The van der Waals surface area contributed by atoms with Crippen molar-refractivity contribution < 1.29 is 19.5 Å². The van der Waals surface area contributed by atoms with Gasteiger partial charge in [-0.3, -0.25) is 9.59 Å². The number of carbonyl (C=O) groups excluding carboxylic acids is 2. The molecule has 2 atom stereocenters. The quantitative estimate of drug-likeness (QED) is 0.742. The number of hydrogen-bond donors (Lipinski definition) is 2. The Morgan fingerprint density at radius 3 is 2.47 bits per heavy atom. The Hall–Kier alpha value is -1.79. The maximum atomic E-state index is 12.1. The number of likely N-dealkylation sites (N-methyl/N-ethyl adjacent to an activating group) is 2. The number of amides is 3. The Kier molecular flexibility index (Phi) is 5.14. The molecule has 2 N–H and O–H groups in total. The minimum absolute atomic E-state index is 0.0186. The van der Waals surface area contributed by atoms with E-state index in [2.05, 4.69) is 5.32 Å². The molecule has 0 aliphatic carbocycles. The molecule has 1 rings (SSSR count). The molecular formula is C12H21N3O4. The monoisotopic (exact) mass is 271 g/mol. The molecule has 1 heterocycles. The first-order valence-electron chi connectivity index (χ1n) is 6.36. The number of carboxylic acid groups (broad SMARTS) is 1. The molecule has 1 fully saturated rings. The summed E-state index contributed by atoms with van der Waals surface area (Å²) in [5.41, 5.74) is 0. The summed E-state index contributed by atoms with van der Waals surface area (Å²) >= 11 is 0. The first kappa shape index (κ1) is 15.3. The van der Waals surface area contributed by atoms with Gasteiger partial charge in [-0.15, -0.1) is 0 Å². The van der Waals surface area contributed by atoms with Gasteiger partial charge in [0.25, 0.3) is 0 Å². The van der Waals surface area contributed by atoms with E-state index < -0.39 is 11.9 Å². The van der Waals surface area contributed by atoms with E-state index in [0.29, 0.717) is 13.1 Å². The number of nitrogens with one attached hydrogen (secondary N) is 1. The summed E-state index contributed by atoms with van der Waals surface area (Å²) in [4.78, 5) is 37.3. The predicted molar refractivity (Wildman–Crippen MR) is 68.6 cm³/mol. The number of rotatable bonds is 4. The highest BCUT2D eigenvalue weighted by atomic mass is 16.4. The molecule has 108 valence electrons. The van der Waals surface area contributed by atoms with Crippen molar-refractivity contribution in [2.45, 2.75) is 13.8 Å².